The van der Waals surface area contributed by atoms with E-state index in [-0.39, 0.29) is 33.5 Å². The third-order valence-corrected chi connectivity index (χ3v) is 14.9. The smallest absolute Gasteiger partial charge is 0.200 e. The summed E-state index contributed by atoms with van der Waals surface area (Å²) in [6.07, 6.45) is 13.2. The van der Waals surface area contributed by atoms with E-state index >= 15 is 35.1 Å². The van der Waals surface area contributed by atoms with Gasteiger partial charge in [-0.2, -0.15) is 0 Å². The Balaban J connectivity index is 1.25. The standard InChI is InChI=1S/C68H40F10N6/c1-83-31-39-40(32-83)52(36-17-9-4-10-18-36)44-24-28-48(80-44)56(58-61(71)65(75)68(78)66(76)62(58)72)50-30-26-46(82-50)54(38-21-13-6-14-22-38)42-34-84(2)33-41(42)53(37-19-11-5-12-20-37)45-25-29-49(81-45)55(57-59(69)63(73)67(77)64(74)60(57)70)47-27-23-43(79-47)51(39)35-15-7-3-8-16-35/h3-34,79,82H,1-2H3. The minimum Gasteiger partial charge on any atom is -0.356 e. The largest absolute Gasteiger partial charge is 0.356 e. The van der Waals surface area contributed by atoms with E-state index in [1.165, 1.54) is 24.3 Å². The Kier molecular flexibility index (Phi) is 13.1. The molecule has 6 nitrogen and oxygen atoms in total. The van der Waals surface area contributed by atoms with Gasteiger partial charge in [0.15, 0.2) is 46.5 Å². The number of allylic oxidation sites excluding steroid dienone is 4. The Hall–Kier alpha value is -10.5. The first-order valence-corrected chi connectivity index (χ1v) is 26.2. The van der Waals surface area contributed by atoms with Crippen molar-refractivity contribution in [3.05, 3.63) is 341 Å². The molecule has 0 saturated heterocycles. The van der Waals surface area contributed by atoms with E-state index in [0.717, 1.165) is 0 Å². The first kappa shape index (κ1) is 52.9. The second-order valence-corrected chi connectivity index (χ2v) is 20.1. The summed E-state index contributed by atoms with van der Waals surface area (Å²) in [6.45, 7) is 0. The summed E-state index contributed by atoms with van der Waals surface area (Å²) in [7, 11) is 3.53. The van der Waals surface area contributed by atoms with Gasteiger partial charge in [0.25, 0.3) is 0 Å². The van der Waals surface area contributed by atoms with Gasteiger partial charge in [-0.05, 0) is 70.8 Å². The molecule has 3 aliphatic rings. The van der Waals surface area contributed by atoms with Gasteiger partial charge in [-0.1, -0.05) is 121 Å². The van der Waals surface area contributed by atoms with Crippen LogP contribution in [0.2, 0.25) is 0 Å². The van der Waals surface area contributed by atoms with Gasteiger partial charge < -0.3 is 19.1 Å². The molecular weight excluding hydrogens is 1090 g/mol. The predicted octanol–water partition coefficient (Wildman–Crippen LogP) is 12.6. The Morgan fingerprint density at radius 2 is 0.536 bits per heavy atom. The average Bonchev–Trinajstić information content (AvgIpc) is 3.32. The van der Waals surface area contributed by atoms with Crippen molar-refractivity contribution >= 4 is 44.9 Å². The molecule has 4 aromatic heterocycles. The molecule has 0 atom stereocenters. The van der Waals surface area contributed by atoms with Crippen molar-refractivity contribution in [3.8, 4) is 0 Å². The van der Waals surface area contributed by atoms with Gasteiger partial charge in [0.2, 0.25) is 11.6 Å². The first-order valence-electron chi connectivity index (χ1n) is 26.2. The third kappa shape index (κ3) is 8.76. The average molecular weight is 1130 g/mol. The van der Waals surface area contributed by atoms with Gasteiger partial charge in [-0.15, -0.1) is 0 Å². The van der Waals surface area contributed by atoms with Crippen LogP contribution in [-0.2, 0) is 14.1 Å². The highest BCUT2D eigenvalue weighted by Crippen LogP contribution is 2.41. The summed E-state index contributed by atoms with van der Waals surface area (Å²) in [6, 6.07) is 42.0. The van der Waals surface area contributed by atoms with E-state index in [1.807, 2.05) is 24.3 Å². The van der Waals surface area contributed by atoms with Crippen LogP contribution in [-0.4, -0.2) is 30.5 Å². The zero-order chi connectivity index (χ0) is 58.2. The molecule has 16 heteroatoms. The van der Waals surface area contributed by atoms with E-state index in [1.54, 1.807) is 169 Å². The van der Waals surface area contributed by atoms with Crippen LogP contribution in [0.5, 0.6) is 0 Å². The van der Waals surface area contributed by atoms with Crippen LogP contribution in [0.4, 0.5) is 43.9 Å². The van der Waals surface area contributed by atoms with E-state index in [2.05, 4.69) is 9.97 Å². The number of halogens is 10. The molecule has 6 aromatic carbocycles. The molecular formula is C68H40F10N6. The number of rotatable bonds is 6. The molecule has 0 aliphatic carbocycles. The summed E-state index contributed by atoms with van der Waals surface area (Å²) in [5, 5.41) is 0.448. The third-order valence-electron chi connectivity index (χ3n) is 14.9. The lowest BCUT2D eigenvalue weighted by atomic mass is 9.89. The molecule has 7 heterocycles. The molecule has 0 radical (unpaired) electrons. The summed E-state index contributed by atoms with van der Waals surface area (Å²) < 4.78 is 163. The minimum absolute atomic E-state index is 0.0828. The van der Waals surface area contributed by atoms with Crippen LogP contribution in [0.25, 0.3) is 33.4 Å². The van der Waals surface area contributed by atoms with Crippen molar-refractivity contribution in [1.82, 2.24) is 19.1 Å². The molecule has 0 amide bonds. The lowest BCUT2D eigenvalue weighted by Gasteiger charge is -2.15. The topological polar surface area (TPSA) is 66.2 Å². The van der Waals surface area contributed by atoms with Crippen LogP contribution in [0.3, 0.4) is 0 Å². The number of nitrogens with zero attached hydrogens (tertiary/aromatic N) is 4. The number of aromatic amines is 2. The lowest BCUT2D eigenvalue weighted by Crippen LogP contribution is -2.22. The number of hydrogen-bond donors (Lipinski definition) is 2. The van der Waals surface area contributed by atoms with Gasteiger partial charge in [0, 0.05) is 116 Å². The zero-order valence-electron chi connectivity index (χ0n) is 44.0. The molecule has 0 spiro atoms. The Morgan fingerprint density at radius 3 is 0.833 bits per heavy atom. The molecule has 0 unspecified atom stereocenters. The van der Waals surface area contributed by atoms with Gasteiger partial charge in [0.1, 0.15) is 0 Å². The van der Waals surface area contributed by atoms with Crippen LogP contribution >= 0.6 is 0 Å². The van der Waals surface area contributed by atoms with Gasteiger partial charge in [-0.25, -0.2) is 53.9 Å². The predicted molar refractivity (Wildman–Crippen MR) is 303 cm³/mol. The minimum atomic E-state index is -2.34. The number of H-pyrrole nitrogens is 2. The molecule has 0 fully saturated rings. The van der Waals surface area contributed by atoms with Crippen molar-refractivity contribution in [2.75, 3.05) is 0 Å². The first-order chi connectivity index (χ1) is 40.7. The molecule has 3 aliphatic heterocycles. The number of aromatic nitrogens is 4. The maximum Gasteiger partial charge on any atom is 0.200 e. The normalized spacial score (nSPS) is 14.3. The lowest BCUT2D eigenvalue weighted by molar-refractivity contribution is 0.376. The van der Waals surface area contributed by atoms with E-state index < -0.39 is 80.4 Å². The fourth-order valence-corrected chi connectivity index (χ4v) is 11.3. The Labute approximate surface area is 471 Å². The monoisotopic (exact) mass is 1130 g/mol. The number of aliphatic imine (C=N–C) groups is 2. The van der Waals surface area contributed by atoms with Crippen molar-refractivity contribution in [3.63, 3.8) is 0 Å². The van der Waals surface area contributed by atoms with Crippen LogP contribution in [0, 0.1) is 58.2 Å². The maximum atomic E-state index is 16.6. The van der Waals surface area contributed by atoms with Crippen LogP contribution < -0.4 is 21.4 Å². The quantitative estimate of drug-likeness (QED) is 0.0947. The number of aryl methyl sites for hydroxylation is 2. The van der Waals surface area contributed by atoms with E-state index in [4.69, 9.17) is 9.98 Å². The highest BCUT2D eigenvalue weighted by atomic mass is 19.2. The number of nitrogens with one attached hydrogen (secondary N) is 2. The van der Waals surface area contributed by atoms with Crippen molar-refractivity contribution < 1.29 is 43.9 Å². The van der Waals surface area contributed by atoms with Crippen LogP contribution in [0.15, 0.2) is 216 Å². The Morgan fingerprint density at radius 1 is 0.286 bits per heavy atom. The highest BCUT2D eigenvalue weighted by Gasteiger charge is 2.34. The summed E-state index contributed by atoms with van der Waals surface area (Å²) in [5.74, 6) is -21.7. The molecule has 0 saturated carbocycles. The van der Waals surface area contributed by atoms with Gasteiger partial charge in [0.05, 0.1) is 33.9 Å². The van der Waals surface area contributed by atoms with Crippen molar-refractivity contribution in [2.45, 2.75) is 0 Å². The number of fused-ring (bicyclic) bond motifs is 8. The fourth-order valence-electron chi connectivity index (χ4n) is 11.3. The summed E-state index contributed by atoms with van der Waals surface area (Å²) in [4.78, 5) is 16.6. The molecule has 84 heavy (non-hydrogen) atoms. The maximum absolute atomic E-state index is 16.6. The Bertz CT molecular complexity index is 4520. The number of benzene rings is 6. The molecule has 8 bridgehead atoms. The molecule has 13 rings (SSSR count). The van der Waals surface area contributed by atoms with Gasteiger partial charge >= 0.3 is 0 Å². The number of hydrogen-bond acceptors (Lipinski definition) is 2. The second-order valence-electron chi connectivity index (χ2n) is 20.1. The summed E-state index contributed by atoms with van der Waals surface area (Å²) >= 11 is 0. The van der Waals surface area contributed by atoms with E-state index in [9.17, 15) is 8.78 Å². The highest BCUT2D eigenvalue weighted by molar-refractivity contribution is 6.31. The SMILES string of the molecule is Cn1cc2c(c1)C(c1ccccc1)=c1ccc([nH]1)=C(c1c(F)c(F)c(F)c(F)c1F)C1=NC(=C(c3ccccc3)c3cn(C)cc3C(c3ccccc3)=c3ccc([nH]3)=C(c3c(F)c(F)c(F)c(F)c3F)C3=NC(=C2c2ccccc2)C=C3)C=C1. The second kappa shape index (κ2) is 20.8. The van der Waals surface area contributed by atoms with E-state index in [0.29, 0.717) is 77.5 Å². The van der Waals surface area contributed by atoms with Crippen LogP contribution in [0.1, 0.15) is 55.6 Å². The van der Waals surface area contributed by atoms with Crippen molar-refractivity contribution in [2.24, 2.45) is 24.1 Å². The zero-order valence-corrected chi connectivity index (χ0v) is 44.0. The van der Waals surface area contributed by atoms with Crippen molar-refractivity contribution in [1.29, 1.82) is 0 Å². The molecule has 2 N–H and O–H groups in total. The fraction of sp³-hybridized carbons (Fsp3) is 0.0294. The molecule has 412 valence electrons. The summed E-state index contributed by atoms with van der Waals surface area (Å²) in [5.41, 5.74) is 2.89. The molecule has 10 aromatic rings. The van der Waals surface area contributed by atoms with Gasteiger partial charge in [-0.3, -0.25) is 0 Å².